The van der Waals surface area contributed by atoms with Crippen LogP contribution in [0, 0.1) is 0 Å². The summed E-state index contributed by atoms with van der Waals surface area (Å²) in [5.41, 5.74) is 0.860. The van der Waals surface area contributed by atoms with Crippen molar-refractivity contribution in [2.75, 3.05) is 17.8 Å². The molecule has 14 nitrogen and oxygen atoms in total. The second-order valence-electron chi connectivity index (χ2n) is 17.0. The SMILES string of the molecule is CC(C)(C)OP(=O)(CP(=O)(OC(C)(C)C)OC(C)(C)C)OC[C@H]1O[C@@H](c2cnc3c(N[C@H]4CCc5ccccc54)nc(Cl)nn23)[C@@H]2OC(C)(C)O[C@@H]21. The fourth-order valence-corrected chi connectivity index (χ4v) is 12.8. The first-order valence-electron chi connectivity index (χ1n) is 17.6. The summed E-state index contributed by atoms with van der Waals surface area (Å²) in [6.45, 7) is 19.1. The Morgan fingerprint density at radius 2 is 1.56 bits per heavy atom. The van der Waals surface area contributed by atoms with E-state index in [1.54, 1.807) is 73.0 Å². The maximum absolute atomic E-state index is 14.6. The van der Waals surface area contributed by atoms with Crippen LogP contribution in [0.4, 0.5) is 5.82 Å². The van der Waals surface area contributed by atoms with Crippen LogP contribution in [0.5, 0.6) is 0 Å². The largest absolute Gasteiger partial charge is 0.361 e. The molecule has 3 aliphatic rings. The number of imidazole rings is 1. The molecule has 0 radical (unpaired) electrons. The summed E-state index contributed by atoms with van der Waals surface area (Å²) in [7, 11) is -8.23. The first-order chi connectivity index (χ1) is 23.9. The van der Waals surface area contributed by atoms with Crippen LogP contribution in [0.3, 0.4) is 0 Å². The molecule has 6 atom stereocenters. The number of benzene rings is 1. The molecule has 2 fully saturated rings. The van der Waals surface area contributed by atoms with Gasteiger partial charge in [0, 0.05) is 0 Å². The number of nitrogens with zero attached hydrogens (tertiary/aromatic N) is 4. The first-order valence-corrected chi connectivity index (χ1v) is 21.5. The maximum atomic E-state index is 14.6. The van der Waals surface area contributed by atoms with Crippen LogP contribution in [0.15, 0.2) is 30.5 Å². The normalized spacial score (nSPS) is 26.0. The van der Waals surface area contributed by atoms with Gasteiger partial charge in [0.2, 0.25) is 5.28 Å². The highest BCUT2D eigenvalue weighted by molar-refractivity contribution is 7.71. The van der Waals surface area contributed by atoms with Gasteiger partial charge in [0.1, 0.15) is 24.4 Å². The van der Waals surface area contributed by atoms with E-state index < -0.39 is 68.1 Å². The molecule has 288 valence electrons. The zero-order chi connectivity index (χ0) is 38.1. The second-order valence-corrected chi connectivity index (χ2v) is 21.7. The Bertz CT molecular complexity index is 1870. The lowest BCUT2D eigenvalue weighted by molar-refractivity contribution is -0.191. The van der Waals surface area contributed by atoms with Crippen LogP contribution in [0.1, 0.15) is 112 Å². The Morgan fingerprint density at radius 3 is 2.21 bits per heavy atom. The van der Waals surface area contributed by atoms with Gasteiger partial charge in [-0.25, -0.2) is 9.50 Å². The predicted octanol–water partition coefficient (Wildman–Crippen LogP) is 8.64. The van der Waals surface area contributed by atoms with Gasteiger partial charge in [0.15, 0.2) is 23.2 Å². The van der Waals surface area contributed by atoms with E-state index in [0.717, 1.165) is 12.8 Å². The zero-order valence-corrected chi connectivity index (χ0v) is 34.4. The van der Waals surface area contributed by atoms with E-state index in [1.807, 2.05) is 26.0 Å². The summed E-state index contributed by atoms with van der Waals surface area (Å²) in [5, 5.41) is 8.05. The van der Waals surface area contributed by atoms with Gasteiger partial charge in [-0.2, -0.15) is 4.98 Å². The van der Waals surface area contributed by atoms with Gasteiger partial charge in [-0.15, -0.1) is 5.10 Å². The molecule has 0 saturated carbocycles. The predicted molar refractivity (Wildman–Crippen MR) is 197 cm³/mol. The number of fused-ring (bicyclic) bond motifs is 3. The summed E-state index contributed by atoms with van der Waals surface area (Å²) in [4.78, 5) is 9.18. The average molecular weight is 784 g/mol. The van der Waals surface area contributed by atoms with Crippen molar-refractivity contribution in [2.24, 2.45) is 0 Å². The molecule has 1 aliphatic carbocycles. The number of hydrogen-bond acceptors (Lipinski definition) is 13. The van der Waals surface area contributed by atoms with Gasteiger partial charge in [0.25, 0.3) is 0 Å². The lowest BCUT2D eigenvalue weighted by Crippen LogP contribution is -2.33. The summed E-state index contributed by atoms with van der Waals surface area (Å²) >= 11 is 6.50. The zero-order valence-electron chi connectivity index (χ0n) is 31.8. The number of ether oxygens (including phenoxy) is 3. The summed E-state index contributed by atoms with van der Waals surface area (Å²) < 4.78 is 73.9. The number of halogens is 1. The third kappa shape index (κ3) is 9.28. The third-order valence-corrected chi connectivity index (χ3v) is 14.2. The summed E-state index contributed by atoms with van der Waals surface area (Å²) in [6.07, 6.45) is 0.752. The maximum Gasteiger partial charge on any atom is 0.343 e. The Hall–Kier alpha value is -1.96. The first kappa shape index (κ1) is 39.7. The number of aromatic nitrogens is 4. The molecule has 2 aromatic heterocycles. The number of hydrogen-bond donors (Lipinski definition) is 1. The average Bonchev–Trinajstić information content (AvgIpc) is 3.70. The smallest absolute Gasteiger partial charge is 0.343 e. The standard InChI is InChI=1S/C35H52ClN5O9P2/c1-32(2,3)48-51(42,20-52(43,49-33(4,5)6)50-34(7,8)9)44-19-25-27-28(47-35(10,11)46-27)26(45-25)24-18-37-30-29(39-31(36)40-41(24)30)38-23-17-16-21-14-12-13-15-22(21)23/h12-15,18,23,25-28H,16-17,19-20H2,1-11H3,(H,38,39,40)/t23-,25+,26-,27+,28-,51?/m0/s1. The van der Waals surface area contributed by atoms with Crippen LogP contribution in [0.2, 0.25) is 5.28 Å². The van der Waals surface area contributed by atoms with Gasteiger partial charge < -0.3 is 37.6 Å². The van der Waals surface area contributed by atoms with Crippen molar-refractivity contribution in [1.82, 2.24) is 19.6 Å². The lowest BCUT2D eigenvalue weighted by Gasteiger charge is -2.35. The van der Waals surface area contributed by atoms with E-state index in [9.17, 15) is 9.13 Å². The Kier molecular flexibility index (Phi) is 10.7. The van der Waals surface area contributed by atoms with E-state index in [1.165, 1.54) is 11.1 Å². The summed E-state index contributed by atoms with van der Waals surface area (Å²) in [6, 6.07) is 8.36. The molecular weight excluding hydrogens is 732 g/mol. The van der Waals surface area contributed by atoms with Crippen molar-refractivity contribution in [2.45, 2.75) is 142 Å². The van der Waals surface area contributed by atoms with E-state index >= 15 is 0 Å². The Morgan fingerprint density at radius 1 is 0.942 bits per heavy atom. The Labute approximate surface area is 311 Å². The molecular formula is C35H52ClN5O9P2. The Balaban J connectivity index is 1.28. The van der Waals surface area contributed by atoms with E-state index in [0.29, 0.717) is 17.2 Å². The highest BCUT2D eigenvalue weighted by atomic mass is 35.5. The van der Waals surface area contributed by atoms with Crippen molar-refractivity contribution in [3.05, 3.63) is 52.6 Å². The van der Waals surface area contributed by atoms with Gasteiger partial charge in [-0.05, 0) is 112 Å². The minimum absolute atomic E-state index is 0.0264. The van der Waals surface area contributed by atoms with E-state index in [2.05, 4.69) is 32.5 Å². The molecule has 1 unspecified atom stereocenters. The minimum atomic E-state index is -4.18. The van der Waals surface area contributed by atoms with Gasteiger partial charge in [-0.3, -0.25) is 9.13 Å². The van der Waals surface area contributed by atoms with Crippen LogP contribution in [0.25, 0.3) is 5.65 Å². The molecule has 1 N–H and O–H groups in total. The molecule has 1 aromatic carbocycles. The summed E-state index contributed by atoms with van der Waals surface area (Å²) in [5.74, 6) is -1.08. The van der Waals surface area contributed by atoms with Crippen LogP contribution < -0.4 is 5.32 Å². The van der Waals surface area contributed by atoms with Crippen LogP contribution >= 0.6 is 26.8 Å². The molecule has 2 saturated heterocycles. The van der Waals surface area contributed by atoms with Crippen molar-refractivity contribution in [3.63, 3.8) is 0 Å². The number of rotatable bonds is 11. The lowest BCUT2D eigenvalue weighted by atomic mass is 10.1. The molecule has 2 aliphatic heterocycles. The monoisotopic (exact) mass is 783 g/mol. The van der Waals surface area contributed by atoms with Gasteiger partial charge in [-0.1, -0.05) is 24.3 Å². The molecule has 52 heavy (non-hydrogen) atoms. The van der Waals surface area contributed by atoms with Crippen molar-refractivity contribution in [1.29, 1.82) is 0 Å². The quantitative estimate of drug-likeness (QED) is 0.185. The van der Waals surface area contributed by atoms with E-state index in [-0.39, 0.29) is 17.9 Å². The highest BCUT2D eigenvalue weighted by Crippen LogP contribution is 2.67. The second kappa shape index (κ2) is 14.0. The van der Waals surface area contributed by atoms with Crippen LogP contribution in [-0.4, -0.2) is 73.0 Å². The molecule has 3 aromatic rings. The fraction of sp³-hybridized carbons (Fsp3) is 0.686. The molecule has 6 rings (SSSR count). The van der Waals surface area contributed by atoms with Crippen LogP contribution in [-0.2, 0) is 47.9 Å². The number of nitrogens with one attached hydrogen (secondary N) is 1. The highest BCUT2D eigenvalue weighted by Gasteiger charge is 2.57. The van der Waals surface area contributed by atoms with Crippen molar-refractivity contribution < 1.29 is 41.4 Å². The topological polar surface area (TPSA) is 154 Å². The number of aryl methyl sites for hydroxylation is 1. The third-order valence-electron chi connectivity index (χ3n) is 8.27. The van der Waals surface area contributed by atoms with Crippen molar-refractivity contribution >= 4 is 38.3 Å². The molecule has 0 bridgehead atoms. The molecule has 4 heterocycles. The van der Waals surface area contributed by atoms with E-state index in [4.69, 9.17) is 43.9 Å². The van der Waals surface area contributed by atoms with Crippen molar-refractivity contribution in [3.8, 4) is 0 Å². The fourth-order valence-electron chi connectivity index (χ4n) is 6.91. The number of anilines is 1. The van der Waals surface area contributed by atoms with Gasteiger partial charge in [0.05, 0.1) is 41.3 Å². The molecule has 0 amide bonds. The minimum Gasteiger partial charge on any atom is -0.361 e. The molecule has 17 heteroatoms. The van der Waals surface area contributed by atoms with Gasteiger partial charge >= 0.3 is 15.2 Å². The molecule has 0 spiro atoms.